The quantitative estimate of drug-likeness (QED) is 0.0650. The summed E-state index contributed by atoms with van der Waals surface area (Å²) in [5, 5.41) is 28.8. The number of aliphatic hydroxyl groups excluding tert-OH is 2. The van der Waals surface area contributed by atoms with Gasteiger partial charge in [-0.3, -0.25) is 9.59 Å². The summed E-state index contributed by atoms with van der Waals surface area (Å²) in [6.07, 6.45) is 2.60. The highest BCUT2D eigenvalue weighted by atomic mass is 32.2. The first-order chi connectivity index (χ1) is 35.0. The van der Waals surface area contributed by atoms with Crippen LogP contribution in [-0.4, -0.2) is 28.6 Å². The van der Waals surface area contributed by atoms with Crippen LogP contribution in [0.5, 0.6) is 0 Å². The molecule has 384 valence electrons. The minimum absolute atomic E-state index is 0.00317. The molecule has 0 saturated heterocycles. The van der Waals surface area contributed by atoms with Crippen LogP contribution in [0.4, 0.5) is 5.69 Å². The number of hydrogen-bond donors (Lipinski definition) is 5. The van der Waals surface area contributed by atoms with Gasteiger partial charge in [0, 0.05) is 51.7 Å². The van der Waals surface area contributed by atoms with Gasteiger partial charge in [0.25, 0.3) is 5.91 Å². The lowest BCUT2D eigenvalue weighted by molar-refractivity contribution is 0.0954. The van der Waals surface area contributed by atoms with Crippen LogP contribution >= 0.6 is 11.8 Å². The highest BCUT2D eigenvalue weighted by molar-refractivity contribution is 7.98. The third-order valence-electron chi connectivity index (χ3n) is 15.0. The van der Waals surface area contributed by atoms with Gasteiger partial charge in [-0.15, -0.1) is 11.8 Å². The Kier molecular flexibility index (Phi) is 17.1. The number of benzene rings is 6. The van der Waals surface area contributed by atoms with Crippen LogP contribution < -0.4 is 16.4 Å². The van der Waals surface area contributed by atoms with Gasteiger partial charge in [-0.1, -0.05) is 151 Å². The first kappa shape index (κ1) is 55.2. The number of hydrogen-bond acceptors (Lipinski definition) is 6. The summed E-state index contributed by atoms with van der Waals surface area (Å²) in [7, 11) is 0. The van der Waals surface area contributed by atoms with Crippen LogP contribution in [0, 0.1) is 37.5 Å². The molecule has 8 rings (SSSR count). The van der Waals surface area contributed by atoms with Crippen LogP contribution in [0.15, 0.2) is 126 Å². The molecule has 6 aromatic carbocycles. The predicted molar refractivity (Wildman–Crippen MR) is 306 cm³/mol. The highest BCUT2D eigenvalue weighted by Gasteiger charge is 2.41. The Bertz CT molecular complexity index is 3110. The smallest absolute Gasteiger partial charge is 0.251 e. The fourth-order valence-electron chi connectivity index (χ4n) is 10.0. The maximum atomic E-state index is 12.0. The van der Waals surface area contributed by atoms with E-state index in [2.05, 4.69) is 176 Å². The molecule has 0 aliphatic heterocycles. The van der Waals surface area contributed by atoms with Crippen LogP contribution in [0.2, 0.25) is 0 Å². The average Bonchev–Trinajstić information content (AvgIpc) is 3.37. The van der Waals surface area contributed by atoms with E-state index in [0.29, 0.717) is 24.2 Å². The zero-order valence-corrected chi connectivity index (χ0v) is 46.2. The van der Waals surface area contributed by atoms with Crippen LogP contribution in [0.1, 0.15) is 188 Å². The molecular formula is C66H75N3O4S. The molecule has 0 fully saturated rings. The third kappa shape index (κ3) is 13.4. The zero-order chi connectivity index (χ0) is 53.6. The van der Waals surface area contributed by atoms with E-state index in [0.717, 1.165) is 59.4 Å². The van der Waals surface area contributed by atoms with Gasteiger partial charge >= 0.3 is 0 Å². The van der Waals surface area contributed by atoms with Crippen molar-refractivity contribution in [1.29, 1.82) is 0 Å². The number of carbonyl (C=O) groups is 2. The zero-order valence-electron chi connectivity index (χ0n) is 45.3. The molecule has 0 saturated carbocycles. The first-order valence-corrected chi connectivity index (χ1v) is 27.0. The van der Waals surface area contributed by atoms with Crippen molar-refractivity contribution in [1.82, 2.24) is 5.32 Å². The molecule has 6 N–H and O–H groups in total. The van der Waals surface area contributed by atoms with Crippen LogP contribution in [0.3, 0.4) is 0 Å². The summed E-state index contributed by atoms with van der Waals surface area (Å²) in [5.74, 6) is 12.5. The highest BCUT2D eigenvalue weighted by Crippen LogP contribution is 2.51. The predicted octanol–water partition coefficient (Wildman–Crippen LogP) is 13.6. The lowest BCUT2D eigenvalue weighted by Gasteiger charge is -2.43. The number of nitrogens with one attached hydrogen (secondary N) is 2. The minimum atomic E-state index is -0.927. The van der Waals surface area contributed by atoms with E-state index in [1.807, 2.05) is 30.8 Å². The summed E-state index contributed by atoms with van der Waals surface area (Å²) >= 11 is 1.84. The molecule has 2 atom stereocenters. The number of primary amides is 1. The second kappa shape index (κ2) is 22.9. The fraction of sp³-hybridized carbons (Fsp3) is 0.364. The molecule has 0 bridgehead atoms. The van der Waals surface area contributed by atoms with E-state index >= 15 is 0 Å². The van der Waals surface area contributed by atoms with Crippen molar-refractivity contribution in [3.8, 4) is 23.7 Å². The lowest BCUT2D eigenvalue weighted by atomic mass is 9.62. The van der Waals surface area contributed by atoms with Crippen molar-refractivity contribution < 1.29 is 19.8 Å². The van der Waals surface area contributed by atoms with Gasteiger partial charge < -0.3 is 26.6 Å². The Labute approximate surface area is 445 Å². The molecular weight excluding hydrogens is 931 g/mol. The standard InChI is InChI=1S/C34H40N2O2.C32H35NO2S/c1-7-35-32(38)26-15-12-24(13-16-26)14-17-30(37)27-20-28-31(34(5,6)19-18-33(28,3)4)29(21-27)36-22-25-10-8-23(2)9-11-25;1-21-6-8-23(9-7-21)20-36-28-19-25(18-26-29(28)32(4,5)17-16-31(26,2)3)27(34)15-12-22-10-13-24(14-11-22)30(33)35/h8-13,15-16,20-21,30,36-37H,7,18-19,22H2,1-6H3,(H,35,38);6-11,13-14,18-19,27,34H,16-17,20H2,1-5H3,(H2,33,35). The summed E-state index contributed by atoms with van der Waals surface area (Å²) in [6, 6.07) is 39.8. The number of aliphatic hydroxyl groups is 2. The number of anilines is 1. The molecule has 7 nitrogen and oxygen atoms in total. The van der Waals surface area contributed by atoms with E-state index in [1.54, 1.807) is 36.4 Å². The summed E-state index contributed by atoms with van der Waals surface area (Å²) in [6.45, 7) is 25.9. The topological polar surface area (TPSA) is 125 Å². The molecule has 0 aromatic heterocycles. The summed E-state index contributed by atoms with van der Waals surface area (Å²) < 4.78 is 0. The summed E-state index contributed by atoms with van der Waals surface area (Å²) in [5.41, 5.74) is 21.0. The SMILES string of the molecule is CCNC(=O)c1ccc(C#CC(O)c2cc(NCc3ccc(C)cc3)c3c(c2)C(C)(C)CCC3(C)C)cc1.Cc1ccc(CSc2cc(C(O)C#Cc3ccc(C(N)=O)cc3)cc3c2C(C)(C)CCC3(C)C)cc1. The van der Waals surface area contributed by atoms with Crippen molar-refractivity contribution in [3.05, 3.63) is 199 Å². The van der Waals surface area contributed by atoms with Crippen LogP contribution in [0.25, 0.3) is 0 Å². The van der Waals surface area contributed by atoms with Gasteiger partial charge in [-0.05, 0) is 173 Å². The second-order valence-electron chi connectivity index (χ2n) is 22.8. The van der Waals surface area contributed by atoms with Crippen molar-refractivity contribution in [3.63, 3.8) is 0 Å². The number of carbonyl (C=O) groups excluding carboxylic acids is 2. The normalized spacial score (nSPS) is 16.2. The Morgan fingerprint density at radius 1 is 0.595 bits per heavy atom. The Morgan fingerprint density at radius 3 is 1.54 bits per heavy atom. The molecule has 6 aromatic rings. The van der Waals surface area contributed by atoms with Crippen molar-refractivity contribution >= 4 is 29.3 Å². The first-order valence-electron chi connectivity index (χ1n) is 26.0. The number of fused-ring (bicyclic) bond motifs is 2. The van der Waals surface area contributed by atoms with E-state index < -0.39 is 18.1 Å². The minimum Gasteiger partial charge on any atom is -0.381 e. The molecule has 0 spiro atoms. The summed E-state index contributed by atoms with van der Waals surface area (Å²) in [4.78, 5) is 24.6. The molecule has 2 unspecified atom stereocenters. The van der Waals surface area contributed by atoms with E-state index in [9.17, 15) is 19.8 Å². The van der Waals surface area contributed by atoms with Crippen molar-refractivity contribution in [2.45, 2.75) is 153 Å². The van der Waals surface area contributed by atoms with E-state index in [4.69, 9.17) is 5.73 Å². The molecule has 2 aliphatic carbocycles. The monoisotopic (exact) mass is 1010 g/mol. The average molecular weight is 1010 g/mol. The maximum absolute atomic E-state index is 12.0. The number of aryl methyl sites for hydroxylation is 2. The lowest BCUT2D eigenvalue weighted by Crippen LogP contribution is -2.35. The van der Waals surface area contributed by atoms with Gasteiger partial charge in [0.2, 0.25) is 5.91 Å². The van der Waals surface area contributed by atoms with Crippen molar-refractivity contribution in [2.75, 3.05) is 11.9 Å². The van der Waals surface area contributed by atoms with E-state index in [1.165, 1.54) is 49.4 Å². The molecule has 2 amide bonds. The number of nitrogens with two attached hydrogens (primary N) is 1. The van der Waals surface area contributed by atoms with Gasteiger partial charge in [-0.25, -0.2) is 0 Å². The number of rotatable bonds is 11. The molecule has 0 heterocycles. The van der Waals surface area contributed by atoms with Crippen LogP contribution in [-0.2, 0) is 34.0 Å². The van der Waals surface area contributed by atoms with Crippen molar-refractivity contribution in [2.24, 2.45) is 5.73 Å². The van der Waals surface area contributed by atoms with E-state index in [-0.39, 0.29) is 27.6 Å². The van der Waals surface area contributed by atoms with Gasteiger partial charge in [0.1, 0.15) is 12.2 Å². The molecule has 8 heteroatoms. The molecule has 2 aliphatic rings. The largest absolute Gasteiger partial charge is 0.381 e. The Balaban J connectivity index is 0.000000217. The second-order valence-corrected chi connectivity index (χ2v) is 23.8. The van der Waals surface area contributed by atoms with Gasteiger partial charge in [-0.2, -0.15) is 0 Å². The number of amides is 2. The number of thioether (sulfide) groups is 1. The molecule has 0 radical (unpaired) electrons. The fourth-order valence-corrected chi connectivity index (χ4v) is 11.3. The Hall–Kier alpha value is -6.55. The molecule has 74 heavy (non-hydrogen) atoms. The van der Waals surface area contributed by atoms with Gasteiger partial charge in [0.15, 0.2) is 0 Å². The maximum Gasteiger partial charge on any atom is 0.251 e. The Morgan fingerprint density at radius 2 is 1.04 bits per heavy atom. The third-order valence-corrected chi connectivity index (χ3v) is 16.1. The van der Waals surface area contributed by atoms with Gasteiger partial charge in [0.05, 0.1) is 0 Å².